The lowest BCUT2D eigenvalue weighted by Gasteiger charge is -2.35. The first-order chi connectivity index (χ1) is 5.24. The third-order valence-corrected chi connectivity index (χ3v) is 2.35. The molecular formula is C9H17NO. The first-order valence-electron chi connectivity index (χ1n) is 4.27. The van der Waals surface area contributed by atoms with Crippen LogP contribution in [0.5, 0.6) is 0 Å². The summed E-state index contributed by atoms with van der Waals surface area (Å²) in [6.45, 7) is 7.61. The Morgan fingerprint density at radius 1 is 1.64 bits per heavy atom. The lowest BCUT2D eigenvalue weighted by molar-refractivity contribution is 0.0482. The van der Waals surface area contributed by atoms with Crippen molar-refractivity contribution in [3.63, 3.8) is 0 Å². The standard InChI is InChI=1S/C9H17NO/c1-3-6-10-7-9(11)5-4-8(10)2/h3,8-9,11H,1,4-7H2,2H3/t8-,9-/m0/s1. The normalized spacial score (nSPS) is 33.6. The molecule has 0 aromatic carbocycles. The van der Waals surface area contributed by atoms with Crippen molar-refractivity contribution in [1.82, 2.24) is 4.90 Å². The quantitative estimate of drug-likeness (QED) is 0.602. The molecular weight excluding hydrogens is 138 g/mol. The van der Waals surface area contributed by atoms with Crippen LogP contribution in [0.25, 0.3) is 0 Å². The molecule has 0 aliphatic carbocycles. The van der Waals surface area contributed by atoms with Gasteiger partial charge in [-0.15, -0.1) is 6.58 Å². The van der Waals surface area contributed by atoms with Crippen molar-refractivity contribution in [3.05, 3.63) is 12.7 Å². The minimum Gasteiger partial charge on any atom is -0.392 e. The van der Waals surface area contributed by atoms with E-state index < -0.39 is 0 Å². The topological polar surface area (TPSA) is 23.5 Å². The summed E-state index contributed by atoms with van der Waals surface area (Å²) in [6, 6.07) is 0.608. The van der Waals surface area contributed by atoms with Crippen LogP contribution in [-0.4, -0.2) is 35.2 Å². The molecule has 0 bridgehead atoms. The minimum absolute atomic E-state index is 0.119. The molecule has 1 heterocycles. The molecule has 0 saturated carbocycles. The molecule has 2 heteroatoms. The summed E-state index contributed by atoms with van der Waals surface area (Å²) in [5.41, 5.74) is 0. The Kier molecular flexibility index (Phi) is 3.09. The molecule has 1 rings (SSSR count). The van der Waals surface area contributed by atoms with Crippen molar-refractivity contribution in [3.8, 4) is 0 Å². The van der Waals surface area contributed by atoms with E-state index in [1.807, 2.05) is 6.08 Å². The maximum atomic E-state index is 9.35. The SMILES string of the molecule is C=CCN1C[C@@H](O)CC[C@@H]1C. The van der Waals surface area contributed by atoms with Gasteiger partial charge in [-0.05, 0) is 19.8 Å². The Hall–Kier alpha value is -0.340. The fourth-order valence-electron chi connectivity index (χ4n) is 1.58. The van der Waals surface area contributed by atoms with Crippen LogP contribution in [0.3, 0.4) is 0 Å². The lowest BCUT2D eigenvalue weighted by Crippen LogP contribution is -2.43. The predicted molar refractivity (Wildman–Crippen MR) is 46.5 cm³/mol. The fourth-order valence-corrected chi connectivity index (χ4v) is 1.58. The van der Waals surface area contributed by atoms with Crippen molar-refractivity contribution >= 4 is 0 Å². The highest BCUT2D eigenvalue weighted by Crippen LogP contribution is 2.16. The summed E-state index contributed by atoms with van der Waals surface area (Å²) in [7, 11) is 0. The van der Waals surface area contributed by atoms with Crippen molar-refractivity contribution in [1.29, 1.82) is 0 Å². The molecule has 2 nitrogen and oxygen atoms in total. The summed E-state index contributed by atoms with van der Waals surface area (Å²) in [4.78, 5) is 2.27. The number of nitrogens with zero attached hydrogens (tertiary/aromatic N) is 1. The molecule has 0 radical (unpaired) electrons. The fraction of sp³-hybridized carbons (Fsp3) is 0.778. The monoisotopic (exact) mass is 155 g/mol. The van der Waals surface area contributed by atoms with Gasteiger partial charge in [0.15, 0.2) is 0 Å². The molecule has 1 saturated heterocycles. The zero-order valence-corrected chi connectivity index (χ0v) is 7.16. The van der Waals surface area contributed by atoms with Gasteiger partial charge in [0.05, 0.1) is 6.10 Å². The van der Waals surface area contributed by atoms with Crippen molar-refractivity contribution < 1.29 is 5.11 Å². The van der Waals surface area contributed by atoms with Gasteiger partial charge in [0, 0.05) is 19.1 Å². The maximum Gasteiger partial charge on any atom is 0.0667 e. The number of hydrogen-bond acceptors (Lipinski definition) is 2. The number of aliphatic hydroxyl groups is 1. The van der Waals surface area contributed by atoms with Gasteiger partial charge in [-0.3, -0.25) is 4.90 Å². The first kappa shape index (κ1) is 8.75. The largest absolute Gasteiger partial charge is 0.392 e. The van der Waals surface area contributed by atoms with E-state index in [0.29, 0.717) is 6.04 Å². The summed E-state index contributed by atoms with van der Waals surface area (Å²) >= 11 is 0. The molecule has 1 aliphatic heterocycles. The number of rotatable bonds is 2. The van der Waals surface area contributed by atoms with E-state index >= 15 is 0 Å². The highest BCUT2D eigenvalue weighted by Gasteiger charge is 2.22. The molecule has 1 N–H and O–H groups in total. The number of aliphatic hydroxyl groups excluding tert-OH is 1. The molecule has 1 aliphatic rings. The van der Waals surface area contributed by atoms with E-state index in [4.69, 9.17) is 0 Å². The number of hydrogen-bond donors (Lipinski definition) is 1. The van der Waals surface area contributed by atoms with Gasteiger partial charge in [-0.25, -0.2) is 0 Å². The Balaban J connectivity index is 2.40. The van der Waals surface area contributed by atoms with Gasteiger partial charge in [0.25, 0.3) is 0 Å². The summed E-state index contributed by atoms with van der Waals surface area (Å²) < 4.78 is 0. The summed E-state index contributed by atoms with van der Waals surface area (Å²) in [6.07, 6.45) is 3.84. The molecule has 64 valence electrons. The third kappa shape index (κ3) is 2.31. The molecule has 0 aromatic heterocycles. The Morgan fingerprint density at radius 3 is 3.00 bits per heavy atom. The van der Waals surface area contributed by atoms with Crippen LogP contribution in [0.15, 0.2) is 12.7 Å². The van der Waals surface area contributed by atoms with E-state index in [2.05, 4.69) is 18.4 Å². The van der Waals surface area contributed by atoms with Crippen LogP contribution in [0.4, 0.5) is 0 Å². The molecule has 0 aromatic rings. The maximum absolute atomic E-state index is 9.35. The average molecular weight is 155 g/mol. The third-order valence-electron chi connectivity index (χ3n) is 2.35. The summed E-state index contributed by atoms with van der Waals surface area (Å²) in [5, 5.41) is 9.35. The minimum atomic E-state index is -0.119. The van der Waals surface area contributed by atoms with Crippen LogP contribution >= 0.6 is 0 Å². The van der Waals surface area contributed by atoms with Gasteiger partial charge in [0.2, 0.25) is 0 Å². The second-order valence-corrected chi connectivity index (χ2v) is 3.32. The van der Waals surface area contributed by atoms with Crippen molar-refractivity contribution in [2.75, 3.05) is 13.1 Å². The highest BCUT2D eigenvalue weighted by molar-refractivity contribution is 4.83. The Morgan fingerprint density at radius 2 is 2.36 bits per heavy atom. The van der Waals surface area contributed by atoms with Crippen LogP contribution in [0.2, 0.25) is 0 Å². The van der Waals surface area contributed by atoms with E-state index in [-0.39, 0.29) is 6.10 Å². The molecule has 0 unspecified atom stereocenters. The smallest absolute Gasteiger partial charge is 0.0667 e. The van der Waals surface area contributed by atoms with Gasteiger partial charge in [-0.1, -0.05) is 6.08 Å². The number of likely N-dealkylation sites (tertiary alicyclic amines) is 1. The second-order valence-electron chi connectivity index (χ2n) is 3.32. The highest BCUT2D eigenvalue weighted by atomic mass is 16.3. The Bertz CT molecular complexity index is 136. The molecule has 2 atom stereocenters. The van der Waals surface area contributed by atoms with Crippen LogP contribution < -0.4 is 0 Å². The number of β-amino-alcohol motifs (C(OH)–C–C–N with tert-alkyl or cyclic N) is 1. The lowest BCUT2D eigenvalue weighted by atomic mass is 10.0. The van der Waals surface area contributed by atoms with Gasteiger partial charge in [-0.2, -0.15) is 0 Å². The van der Waals surface area contributed by atoms with Gasteiger partial charge >= 0.3 is 0 Å². The van der Waals surface area contributed by atoms with Gasteiger partial charge < -0.3 is 5.11 Å². The first-order valence-corrected chi connectivity index (χ1v) is 4.27. The Labute approximate surface area is 68.5 Å². The zero-order valence-electron chi connectivity index (χ0n) is 7.16. The van der Waals surface area contributed by atoms with E-state index in [1.165, 1.54) is 0 Å². The number of piperidine rings is 1. The molecule has 1 fully saturated rings. The zero-order chi connectivity index (χ0) is 8.27. The van der Waals surface area contributed by atoms with E-state index in [9.17, 15) is 5.11 Å². The molecule has 0 spiro atoms. The molecule has 11 heavy (non-hydrogen) atoms. The van der Waals surface area contributed by atoms with Crippen molar-refractivity contribution in [2.24, 2.45) is 0 Å². The van der Waals surface area contributed by atoms with E-state index in [0.717, 1.165) is 25.9 Å². The van der Waals surface area contributed by atoms with Crippen LogP contribution in [-0.2, 0) is 0 Å². The van der Waals surface area contributed by atoms with E-state index in [1.54, 1.807) is 0 Å². The average Bonchev–Trinajstić information content (AvgIpc) is 1.98. The van der Waals surface area contributed by atoms with Crippen LogP contribution in [0, 0.1) is 0 Å². The predicted octanol–water partition coefficient (Wildman–Crippen LogP) is 1.02. The second kappa shape index (κ2) is 3.88. The molecule has 0 amide bonds. The van der Waals surface area contributed by atoms with Gasteiger partial charge in [0.1, 0.15) is 0 Å². The van der Waals surface area contributed by atoms with Crippen LogP contribution in [0.1, 0.15) is 19.8 Å². The van der Waals surface area contributed by atoms with Crippen molar-refractivity contribution in [2.45, 2.75) is 31.9 Å². The summed E-state index contributed by atoms with van der Waals surface area (Å²) in [5.74, 6) is 0.